The third-order valence-corrected chi connectivity index (χ3v) is 7.28. The lowest BCUT2D eigenvalue weighted by atomic mass is 9.83. The molecule has 0 amide bonds. The van der Waals surface area contributed by atoms with Gasteiger partial charge in [0.15, 0.2) is 0 Å². The maximum absolute atomic E-state index is 4.03. The summed E-state index contributed by atoms with van der Waals surface area (Å²) in [5.41, 5.74) is 12.3. The van der Waals surface area contributed by atoms with Crippen molar-refractivity contribution in [2.75, 3.05) is 7.05 Å². The number of hydrogen-bond donors (Lipinski definition) is 1. The summed E-state index contributed by atoms with van der Waals surface area (Å²) in [4.78, 5) is 0. The Bertz CT molecular complexity index is 1470. The van der Waals surface area contributed by atoms with Gasteiger partial charge in [0.05, 0.1) is 5.41 Å². The first-order valence-electron chi connectivity index (χ1n) is 12.1. The fourth-order valence-electron chi connectivity index (χ4n) is 5.31. The van der Waals surface area contributed by atoms with Crippen molar-refractivity contribution in [1.29, 1.82) is 0 Å². The van der Waals surface area contributed by atoms with Crippen LogP contribution < -0.4 is 5.32 Å². The molecule has 0 saturated heterocycles. The zero-order chi connectivity index (χ0) is 23.8. The fourth-order valence-corrected chi connectivity index (χ4v) is 5.31. The number of rotatable bonds is 6. The highest BCUT2D eigenvalue weighted by Crippen LogP contribution is 2.58. The summed E-state index contributed by atoms with van der Waals surface area (Å²) in [6.07, 6.45) is 0. The Morgan fingerprint density at radius 2 is 0.914 bits per heavy atom. The molecule has 6 rings (SSSR count). The highest BCUT2D eigenvalue weighted by atomic mass is 14.8. The van der Waals surface area contributed by atoms with Crippen molar-refractivity contribution >= 4 is 5.70 Å². The third kappa shape index (κ3) is 3.48. The summed E-state index contributed by atoms with van der Waals surface area (Å²) in [6.45, 7) is 4.03. The van der Waals surface area contributed by atoms with Gasteiger partial charge >= 0.3 is 0 Å². The number of nitrogens with one attached hydrogen (secondary N) is 1. The van der Waals surface area contributed by atoms with Crippen LogP contribution in [0, 0.1) is 0 Å². The molecule has 0 radical (unpaired) electrons. The second-order valence-corrected chi connectivity index (χ2v) is 9.12. The number of hydrogen-bond acceptors (Lipinski definition) is 1. The molecule has 0 aliphatic heterocycles. The molecular weight excluding hydrogens is 422 g/mol. The summed E-state index contributed by atoms with van der Waals surface area (Å²) in [7, 11) is 1.90. The van der Waals surface area contributed by atoms with Crippen molar-refractivity contribution < 1.29 is 0 Å². The molecule has 0 bridgehead atoms. The van der Waals surface area contributed by atoms with Crippen molar-refractivity contribution in [3.8, 4) is 22.3 Å². The highest BCUT2D eigenvalue weighted by Gasteiger charge is 2.52. The Kier molecular flexibility index (Phi) is 5.12. The molecule has 0 spiro atoms. The molecule has 1 nitrogen and oxygen atoms in total. The van der Waals surface area contributed by atoms with Crippen molar-refractivity contribution in [3.05, 3.63) is 162 Å². The summed E-state index contributed by atoms with van der Waals surface area (Å²) in [6, 6.07) is 46.1. The van der Waals surface area contributed by atoms with Crippen LogP contribution in [0.15, 0.2) is 134 Å². The molecule has 1 aliphatic rings. The van der Waals surface area contributed by atoms with Crippen LogP contribution in [0.1, 0.15) is 27.8 Å². The van der Waals surface area contributed by atoms with Gasteiger partial charge in [0, 0.05) is 12.7 Å². The summed E-state index contributed by atoms with van der Waals surface area (Å²) < 4.78 is 0. The van der Waals surface area contributed by atoms with Crippen LogP contribution in [0.5, 0.6) is 0 Å². The summed E-state index contributed by atoms with van der Waals surface area (Å²) in [5.74, 6) is 0. The molecule has 0 unspecified atom stereocenters. The van der Waals surface area contributed by atoms with Crippen molar-refractivity contribution in [2.24, 2.45) is 0 Å². The minimum Gasteiger partial charge on any atom is -0.388 e. The Hall–Kier alpha value is -4.36. The van der Waals surface area contributed by atoms with Gasteiger partial charge in [-0.15, -0.1) is 0 Å². The topological polar surface area (TPSA) is 12.0 Å². The molecule has 168 valence electrons. The molecule has 5 aromatic rings. The van der Waals surface area contributed by atoms with E-state index in [1.165, 1.54) is 44.5 Å². The number of fused-ring (bicyclic) bond motifs is 1. The summed E-state index contributed by atoms with van der Waals surface area (Å²) >= 11 is 0. The van der Waals surface area contributed by atoms with Gasteiger partial charge in [0.25, 0.3) is 0 Å². The minimum absolute atomic E-state index is 0.113. The zero-order valence-electron chi connectivity index (χ0n) is 19.8. The lowest BCUT2D eigenvalue weighted by molar-refractivity contribution is 0.914. The van der Waals surface area contributed by atoms with E-state index in [1.54, 1.807) is 0 Å². The van der Waals surface area contributed by atoms with Crippen LogP contribution in [-0.4, -0.2) is 7.05 Å². The first-order valence-corrected chi connectivity index (χ1v) is 12.1. The average molecular weight is 450 g/mol. The molecule has 1 aliphatic carbocycles. The standard InChI is InChI=1S/C34H27N/c1-24(35-2)25-12-14-26(15-13-25)27-16-18-28(19-17-27)29-20-22-31(23-21-29)34(30-8-4-3-5-9-30)32-10-6-7-11-33(32)34/h3-23,35H,1H2,2H3. The van der Waals surface area contributed by atoms with Gasteiger partial charge in [0.1, 0.15) is 0 Å². The Balaban J connectivity index is 1.28. The van der Waals surface area contributed by atoms with E-state index >= 15 is 0 Å². The van der Waals surface area contributed by atoms with Gasteiger partial charge < -0.3 is 5.32 Å². The molecule has 1 N–H and O–H groups in total. The van der Waals surface area contributed by atoms with Crippen LogP contribution >= 0.6 is 0 Å². The second kappa shape index (κ2) is 8.45. The van der Waals surface area contributed by atoms with Gasteiger partial charge in [-0.25, -0.2) is 0 Å². The maximum Gasteiger partial charge on any atom is 0.0708 e. The van der Waals surface area contributed by atoms with Crippen molar-refractivity contribution in [3.63, 3.8) is 0 Å². The van der Waals surface area contributed by atoms with E-state index in [1.807, 2.05) is 7.05 Å². The zero-order valence-corrected chi connectivity index (χ0v) is 19.8. The van der Waals surface area contributed by atoms with Crippen LogP contribution in [0.2, 0.25) is 0 Å². The van der Waals surface area contributed by atoms with E-state index in [2.05, 4.69) is 139 Å². The first-order chi connectivity index (χ1) is 17.2. The van der Waals surface area contributed by atoms with E-state index in [-0.39, 0.29) is 5.41 Å². The molecule has 35 heavy (non-hydrogen) atoms. The lowest BCUT2D eigenvalue weighted by Crippen LogP contribution is -2.12. The molecule has 0 atom stereocenters. The normalized spacial score (nSPS) is 13.1. The lowest BCUT2D eigenvalue weighted by Gasteiger charge is -2.19. The highest BCUT2D eigenvalue weighted by molar-refractivity contribution is 5.77. The quantitative estimate of drug-likeness (QED) is 0.272. The third-order valence-electron chi connectivity index (χ3n) is 7.28. The minimum atomic E-state index is -0.113. The monoisotopic (exact) mass is 449 g/mol. The van der Waals surface area contributed by atoms with E-state index in [0.717, 1.165) is 11.3 Å². The maximum atomic E-state index is 4.03. The van der Waals surface area contributed by atoms with Crippen LogP contribution in [0.25, 0.3) is 28.0 Å². The first kappa shape index (κ1) is 21.2. The molecule has 0 saturated carbocycles. The van der Waals surface area contributed by atoms with Crippen LogP contribution in [-0.2, 0) is 5.41 Å². The second-order valence-electron chi connectivity index (χ2n) is 9.12. The average Bonchev–Trinajstić information content (AvgIpc) is 3.63. The smallest absolute Gasteiger partial charge is 0.0708 e. The Morgan fingerprint density at radius 1 is 0.514 bits per heavy atom. The summed E-state index contributed by atoms with van der Waals surface area (Å²) in [5, 5.41) is 3.10. The molecule has 0 aromatic heterocycles. The molecule has 1 heteroatoms. The van der Waals surface area contributed by atoms with Gasteiger partial charge in [-0.05, 0) is 50.1 Å². The predicted octanol–water partition coefficient (Wildman–Crippen LogP) is 7.91. The van der Waals surface area contributed by atoms with E-state index in [0.29, 0.717) is 0 Å². The van der Waals surface area contributed by atoms with E-state index in [4.69, 9.17) is 0 Å². The SMILES string of the molecule is C=C(NC)c1ccc(-c2ccc(-c3ccc(C4(c5ccccc5)c5ccccc54)cc3)cc2)cc1. The van der Waals surface area contributed by atoms with E-state index in [9.17, 15) is 0 Å². The van der Waals surface area contributed by atoms with Gasteiger partial charge in [-0.1, -0.05) is 134 Å². The van der Waals surface area contributed by atoms with Gasteiger partial charge in [-0.2, -0.15) is 0 Å². The van der Waals surface area contributed by atoms with Crippen LogP contribution in [0.3, 0.4) is 0 Å². The van der Waals surface area contributed by atoms with Gasteiger partial charge in [0.2, 0.25) is 0 Å². The number of benzene rings is 5. The fraction of sp³-hybridized carbons (Fsp3) is 0.0588. The van der Waals surface area contributed by atoms with Gasteiger partial charge in [-0.3, -0.25) is 0 Å². The molecule has 0 fully saturated rings. The van der Waals surface area contributed by atoms with Crippen LogP contribution in [0.4, 0.5) is 0 Å². The molecule has 0 heterocycles. The Labute approximate surface area is 207 Å². The van der Waals surface area contributed by atoms with E-state index < -0.39 is 0 Å². The largest absolute Gasteiger partial charge is 0.388 e. The molecular formula is C34H27N. The van der Waals surface area contributed by atoms with Crippen molar-refractivity contribution in [1.82, 2.24) is 5.32 Å². The van der Waals surface area contributed by atoms with Crippen molar-refractivity contribution in [2.45, 2.75) is 5.41 Å². The predicted molar refractivity (Wildman–Crippen MR) is 147 cm³/mol. The molecule has 5 aromatic carbocycles. The Morgan fingerprint density at radius 3 is 1.40 bits per heavy atom.